The molecule has 1 atom stereocenters. The lowest BCUT2D eigenvalue weighted by Crippen LogP contribution is -2.26. The van der Waals surface area contributed by atoms with E-state index in [1.807, 2.05) is 50.6 Å². The summed E-state index contributed by atoms with van der Waals surface area (Å²) in [6.07, 6.45) is 14.0. The van der Waals surface area contributed by atoms with Crippen molar-refractivity contribution in [2.75, 3.05) is 13.2 Å². The number of carbonyl (C=O) groups is 3. The van der Waals surface area contributed by atoms with Gasteiger partial charge in [-0.3, -0.25) is 14.3 Å². The molecule has 0 aliphatic heterocycles. The summed E-state index contributed by atoms with van der Waals surface area (Å²) < 4.78 is 11.6. The number of carbonyl (C=O) groups excluding carboxylic acids is 3. The molecule has 1 amide bonds. The van der Waals surface area contributed by atoms with Crippen LogP contribution in [0.2, 0.25) is 0 Å². The lowest BCUT2D eigenvalue weighted by atomic mass is 9.94. The van der Waals surface area contributed by atoms with E-state index in [1.165, 1.54) is 19.3 Å². The molecule has 0 spiro atoms. The summed E-state index contributed by atoms with van der Waals surface area (Å²) in [5, 5.41) is 4.43. The van der Waals surface area contributed by atoms with E-state index in [-0.39, 0.29) is 12.4 Å². The molecule has 8 nitrogen and oxygen atoms in total. The highest BCUT2D eigenvalue weighted by Crippen LogP contribution is 2.30. The molecule has 2 N–H and O–H groups in total. The SMILES string of the molecule is C/C=C(\C=C/CC)COC(N)=O.CCOC(=O)C(CC)C(=O)c1cnn(C2CCCCC2)c1C. The lowest BCUT2D eigenvalue weighted by molar-refractivity contribution is -0.146. The minimum atomic E-state index is -0.737. The second-order valence-electron chi connectivity index (χ2n) is 8.24. The van der Waals surface area contributed by atoms with Crippen molar-refractivity contribution in [2.24, 2.45) is 11.7 Å². The quantitative estimate of drug-likeness (QED) is 0.208. The van der Waals surface area contributed by atoms with Crippen LogP contribution in [0.15, 0.2) is 30.0 Å². The van der Waals surface area contributed by atoms with Crippen LogP contribution >= 0.6 is 0 Å². The first kappa shape index (κ1) is 29.1. The third-order valence-corrected chi connectivity index (χ3v) is 5.85. The van der Waals surface area contributed by atoms with E-state index in [4.69, 9.17) is 10.5 Å². The first-order valence-corrected chi connectivity index (χ1v) is 12.3. The van der Waals surface area contributed by atoms with Crippen LogP contribution in [0.3, 0.4) is 0 Å². The highest BCUT2D eigenvalue weighted by atomic mass is 16.5. The number of rotatable bonds is 10. The smallest absolute Gasteiger partial charge is 0.404 e. The van der Waals surface area contributed by atoms with Gasteiger partial charge in [0.2, 0.25) is 0 Å². The predicted molar refractivity (Wildman–Crippen MR) is 133 cm³/mol. The number of ketones is 1. The number of hydrogen-bond donors (Lipinski definition) is 1. The maximum absolute atomic E-state index is 12.7. The largest absolute Gasteiger partial charge is 0.465 e. The van der Waals surface area contributed by atoms with E-state index in [1.54, 1.807) is 13.1 Å². The molecule has 2 rings (SSSR count). The average Bonchev–Trinajstić information content (AvgIpc) is 3.22. The van der Waals surface area contributed by atoms with Gasteiger partial charge in [0, 0.05) is 5.69 Å². The highest BCUT2D eigenvalue weighted by Gasteiger charge is 2.30. The maximum atomic E-state index is 12.7. The Morgan fingerprint density at radius 3 is 2.38 bits per heavy atom. The van der Waals surface area contributed by atoms with Crippen molar-refractivity contribution in [3.05, 3.63) is 41.3 Å². The molecule has 1 aromatic rings. The molecule has 1 unspecified atom stereocenters. The monoisotopic (exact) mass is 475 g/mol. The molecule has 0 radical (unpaired) electrons. The fourth-order valence-electron chi connectivity index (χ4n) is 3.90. The van der Waals surface area contributed by atoms with Crippen LogP contribution in [0.4, 0.5) is 4.79 Å². The normalized spacial score (nSPS) is 15.4. The standard InChI is InChI=1S/C17H26N2O3.C9H15NO2/c1-4-14(17(21)22-5-2)16(20)15-11-18-19(12(15)3)13-9-7-6-8-10-13;1-3-5-6-8(4-2)7-12-9(10)11/h11,13-14H,4-10H2,1-3H3;4-6H,3,7H2,1-2H3,(H2,10,11)/b;6-5-,8-4+. The Morgan fingerprint density at radius 2 is 1.85 bits per heavy atom. The molecule has 8 heteroatoms. The van der Waals surface area contributed by atoms with E-state index in [2.05, 4.69) is 9.84 Å². The van der Waals surface area contributed by atoms with Gasteiger partial charge in [-0.25, -0.2) is 4.79 Å². The van der Waals surface area contributed by atoms with Gasteiger partial charge < -0.3 is 15.2 Å². The molecule has 1 aromatic heterocycles. The molecule has 1 heterocycles. The van der Waals surface area contributed by atoms with Gasteiger partial charge in [0.15, 0.2) is 5.78 Å². The summed E-state index contributed by atoms with van der Waals surface area (Å²) in [5.41, 5.74) is 7.20. The van der Waals surface area contributed by atoms with Crippen molar-refractivity contribution >= 4 is 17.8 Å². The second kappa shape index (κ2) is 15.9. The number of primary amides is 1. The highest BCUT2D eigenvalue weighted by molar-refractivity contribution is 6.09. The first-order chi connectivity index (χ1) is 16.3. The van der Waals surface area contributed by atoms with Crippen molar-refractivity contribution in [1.82, 2.24) is 9.78 Å². The average molecular weight is 476 g/mol. The zero-order valence-corrected chi connectivity index (χ0v) is 21.3. The molecule has 34 heavy (non-hydrogen) atoms. The van der Waals surface area contributed by atoms with Crippen LogP contribution < -0.4 is 5.73 Å². The predicted octanol–water partition coefficient (Wildman–Crippen LogP) is 5.46. The van der Waals surface area contributed by atoms with Gasteiger partial charge in [-0.2, -0.15) is 5.10 Å². The van der Waals surface area contributed by atoms with E-state index < -0.39 is 18.0 Å². The molecule has 0 bridgehead atoms. The molecular weight excluding hydrogens is 434 g/mol. The van der Waals surface area contributed by atoms with Crippen LogP contribution in [-0.2, 0) is 14.3 Å². The van der Waals surface area contributed by atoms with Crippen molar-refractivity contribution in [3.63, 3.8) is 0 Å². The van der Waals surface area contributed by atoms with E-state index in [0.29, 0.717) is 24.6 Å². The van der Waals surface area contributed by atoms with Crippen molar-refractivity contribution < 1.29 is 23.9 Å². The number of aromatic nitrogens is 2. The third-order valence-electron chi connectivity index (χ3n) is 5.85. The Kier molecular flexibility index (Phi) is 13.6. The first-order valence-electron chi connectivity index (χ1n) is 12.3. The minimum Gasteiger partial charge on any atom is -0.465 e. The Morgan fingerprint density at radius 1 is 1.18 bits per heavy atom. The van der Waals surface area contributed by atoms with Gasteiger partial charge in [0.25, 0.3) is 0 Å². The van der Waals surface area contributed by atoms with E-state index in [9.17, 15) is 14.4 Å². The second-order valence-corrected chi connectivity index (χ2v) is 8.24. The van der Waals surface area contributed by atoms with Crippen LogP contribution in [-0.4, -0.2) is 40.8 Å². The molecule has 190 valence electrons. The van der Waals surface area contributed by atoms with E-state index >= 15 is 0 Å². The number of hydrogen-bond acceptors (Lipinski definition) is 6. The van der Waals surface area contributed by atoms with Crippen LogP contribution in [0.5, 0.6) is 0 Å². The van der Waals surface area contributed by atoms with E-state index in [0.717, 1.165) is 30.5 Å². The number of Topliss-reactive ketones (excluding diaryl/α,β-unsaturated/α-hetero) is 1. The van der Waals surface area contributed by atoms with Crippen LogP contribution in [0, 0.1) is 12.8 Å². The number of esters is 1. The fourth-order valence-corrected chi connectivity index (χ4v) is 3.90. The van der Waals surface area contributed by atoms with Gasteiger partial charge >= 0.3 is 12.1 Å². The molecule has 1 saturated carbocycles. The van der Waals surface area contributed by atoms with Crippen molar-refractivity contribution in [1.29, 1.82) is 0 Å². The summed E-state index contributed by atoms with van der Waals surface area (Å²) in [6.45, 7) is 9.98. The molecule has 1 aliphatic rings. The van der Waals surface area contributed by atoms with Gasteiger partial charge in [-0.1, -0.05) is 51.3 Å². The molecule has 1 fully saturated rings. The Labute approximate surface area is 203 Å². The summed E-state index contributed by atoms with van der Waals surface area (Å²) in [5.74, 6) is -1.32. The number of amides is 1. The Bertz CT molecular complexity index is 851. The van der Waals surface area contributed by atoms with Crippen molar-refractivity contribution in [3.8, 4) is 0 Å². The zero-order chi connectivity index (χ0) is 25.5. The topological polar surface area (TPSA) is 114 Å². The minimum absolute atomic E-state index is 0.166. The lowest BCUT2D eigenvalue weighted by Gasteiger charge is -2.23. The maximum Gasteiger partial charge on any atom is 0.404 e. The summed E-state index contributed by atoms with van der Waals surface area (Å²) in [7, 11) is 0. The van der Waals surface area contributed by atoms with Gasteiger partial charge in [0.05, 0.1) is 24.4 Å². The third kappa shape index (κ3) is 9.15. The molecule has 1 aliphatic carbocycles. The Balaban J connectivity index is 0.000000411. The summed E-state index contributed by atoms with van der Waals surface area (Å²) >= 11 is 0. The van der Waals surface area contributed by atoms with Gasteiger partial charge in [-0.15, -0.1) is 0 Å². The number of nitrogens with two attached hydrogens (primary N) is 1. The van der Waals surface area contributed by atoms with Crippen molar-refractivity contribution in [2.45, 2.75) is 85.6 Å². The molecular formula is C26H41N3O5. The summed E-state index contributed by atoms with van der Waals surface area (Å²) in [6, 6.07) is 0.387. The number of nitrogens with zero attached hydrogens (tertiary/aromatic N) is 2. The Hall–Kier alpha value is -2.90. The molecule has 0 saturated heterocycles. The summed E-state index contributed by atoms with van der Waals surface area (Å²) in [4.78, 5) is 34.8. The fraction of sp³-hybridized carbons (Fsp3) is 0.615. The molecule has 0 aromatic carbocycles. The number of allylic oxidation sites excluding steroid dienone is 2. The van der Waals surface area contributed by atoms with Gasteiger partial charge in [-0.05, 0) is 52.0 Å². The van der Waals surface area contributed by atoms with Crippen LogP contribution in [0.25, 0.3) is 0 Å². The van der Waals surface area contributed by atoms with Gasteiger partial charge in [0.1, 0.15) is 12.5 Å². The number of ether oxygens (including phenoxy) is 2. The zero-order valence-electron chi connectivity index (χ0n) is 21.3. The van der Waals surface area contributed by atoms with Crippen LogP contribution in [0.1, 0.15) is 94.7 Å².